The topological polar surface area (TPSA) is 15.6 Å². The van der Waals surface area contributed by atoms with Crippen LogP contribution in [0, 0.1) is 5.92 Å². The van der Waals surface area contributed by atoms with Crippen molar-refractivity contribution in [2.75, 3.05) is 5.01 Å². The zero-order valence-electron chi connectivity index (χ0n) is 12.5. The molecule has 0 N–H and O–H groups in total. The summed E-state index contributed by atoms with van der Waals surface area (Å²) in [6.07, 6.45) is 6.79. The van der Waals surface area contributed by atoms with Crippen LogP contribution in [-0.2, 0) is 0 Å². The van der Waals surface area contributed by atoms with Gasteiger partial charge in [0.05, 0.1) is 10.7 Å². The Kier molecular flexibility index (Phi) is 5.74. The number of hydrogen-bond donors (Lipinski definition) is 0. The molecule has 1 atom stereocenters. The Morgan fingerprint density at radius 1 is 1.27 bits per heavy atom. The second kappa shape index (κ2) is 7.36. The highest BCUT2D eigenvalue weighted by molar-refractivity contribution is 6.36. The fourth-order valence-electron chi connectivity index (χ4n) is 2.47. The van der Waals surface area contributed by atoms with Crippen molar-refractivity contribution in [1.82, 2.24) is 0 Å². The van der Waals surface area contributed by atoms with E-state index in [1.54, 1.807) is 17.1 Å². The smallest absolute Gasteiger partial charge is 0.0836 e. The highest BCUT2D eigenvalue weighted by atomic mass is 35.5. The summed E-state index contributed by atoms with van der Waals surface area (Å²) in [6, 6.07) is 5.33. The Hall–Kier alpha value is -1.22. The van der Waals surface area contributed by atoms with Crippen molar-refractivity contribution >= 4 is 47.2 Å². The van der Waals surface area contributed by atoms with Crippen LogP contribution in [0.5, 0.6) is 0 Å². The average Bonchev–Trinajstić information content (AvgIpc) is 2.46. The number of anilines is 1. The number of rotatable bonds is 4. The number of halogens is 3. The third-order valence-corrected chi connectivity index (χ3v) is 4.24. The van der Waals surface area contributed by atoms with Crippen molar-refractivity contribution < 1.29 is 0 Å². The van der Waals surface area contributed by atoms with Gasteiger partial charge in [-0.25, -0.2) is 5.01 Å². The summed E-state index contributed by atoms with van der Waals surface area (Å²) < 4.78 is 0. The van der Waals surface area contributed by atoms with Crippen molar-refractivity contribution in [2.24, 2.45) is 11.0 Å². The van der Waals surface area contributed by atoms with Crippen LogP contribution in [0.15, 0.2) is 57.8 Å². The molecule has 0 aliphatic heterocycles. The zero-order valence-corrected chi connectivity index (χ0v) is 14.8. The van der Waals surface area contributed by atoms with E-state index in [4.69, 9.17) is 34.8 Å². The van der Waals surface area contributed by atoms with Gasteiger partial charge in [0.1, 0.15) is 0 Å². The van der Waals surface area contributed by atoms with Gasteiger partial charge in [0.25, 0.3) is 0 Å². The van der Waals surface area contributed by atoms with Crippen molar-refractivity contribution in [3.05, 3.63) is 62.8 Å². The Morgan fingerprint density at radius 3 is 2.50 bits per heavy atom. The van der Waals surface area contributed by atoms with E-state index in [1.807, 2.05) is 32.1 Å². The van der Waals surface area contributed by atoms with Gasteiger partial charge in [-0.1, -0.05) is 52.5 Å². The highest BCUT2D eigenvalue weighted by Gasteiger charge is 2.23. The van der Waals surface area contributed by atoms with Crippen LogP contribution in [0.25, 0.3) is 0 Å². The van der Waals surface area contributed by atoms with E-state index in [2.05, 4.69) is 17.9 Å². The van der Waals surface area contributed by atoms with E-state index in [0.717, 1.165) is 28.4 Å². The lowest BCUT2D eigenvalue weighted by atomic mass is 9.93. The Morgan fingerprint density at radius 2 is 2.00 bits per heavy atom. The molecule has 1 unspecified atom stereocenters. The van der Waals surface area contributed by atoms with Crippen LogP contribution in [0.1, 0.15) is 20.3 Å². The fourth-order valence-corrected chi connectivity index (χ4v) is 3.12. The molecule has 2 rings (SSSR count). The number of hydrogen-bond acceptors (Lipinski definition) is 2. The molecule has 5 heteroatoms. The van der Waals surface area contributed by atoms with Crippen LogP contribution in [0.2, 0.25) is 10.0 Å². The second-order valence-corrected chi connectivity index (χ2v) is 6.50. The van der Waals surface area contributed by atoms with Crippen LogP contribution in [0.3, 0.4) is 0 Å². The maximum absolute atomic E-state index is 6.33. The molecule has 2 nitrogen and oxygen atoms in total. The van der Waals surface area contributed by atoms with Crippen LogP contribution < -0.4 is 5.01 Å². The summed E-state index contributed by atoms with van der Waals surface area (Å²) in [4.78, 5) is 0. The summed E-state index contributed by atoms with van der Waals surface area (Å²) in [7, 11) is 0. The maximum atomic E-state index is 6.33. The largest absolute Gasteiger partial charge is 0.236 e. The normalized spacial score (nSPS) is 17.0. The van der Waals surface area contributed by atoms with E-state index in [9.17, 15) is 0 Å². The molecular formula is C17H17Cl3N2. The first-order valence-corrected chi connectivity index (χ1v) is 8.00. The SMILES string of the molecule is C=NN(C(=C(C)C)C1C=CC(Cl)=CC1)c1ccc(Cl)cc1Cl. The number of nitrogens with zero attached hydrogens (tertiary/aromatic N) is 2. The van der Waals surface area contributed by atoms with Crippen LogP contribution in [0.4, 0.5) is 5.69 Å². The lowest BCUT2D eigenvalue weighted by Crippen LogP contribution is -2.23. The van der Waals surface area contributed by atoms with Gasteiger partial charge >= 0.3 is 0 Å². The summed E-state index contributed by atoms with van der Waals surface area (Å²) in [5.41, 5.74) is 2.93. The third-order valence-electron chi connectivity index (χ3n) is 3.43. The van der Waals surface area contributed by atoms with E-state index in [0.29, 0.717) is 10.0 Å². The predicted octanol–water partition coefficient (Wildman–Crippen LogP) is 6.41. The molecule has 1 aliphatic rings. The molecular weight excluding hydrogens is 339 g/mol. The van der Waals surface area contributed by atoms with Gasteiger partial charge in [-0.3, -0.25) is 0 Å². The molecule has 22 heavy (non-hydrogen) atoms. The lowest BCUT2D eigenvalue weighted by molar-refractivity contribution is 0.708. The molecule has 0 bridgehead atoms. The molecule has 0 fully saturated rings. The van der Waals surface area contributed by atoms with Gasteiger partial charge in [0.2, 0.25) is 0 Å². The first kappa shape index (κ1) is 17.1. The van der Waals surface area contributed by atoms with Crippen molar-refractivity contribution in [1.29, 1.82) is 0 Å². The monoisotopic (exact) mass is 354 g/mol. The summed E-state index contributed by atoms with van der Waals surface area (Å²) in [5.74, 6) is 0.171. The van der Waals surface area contributed by atoms with Gasteiger partial charge in [-0.2, -0.15) is 5.10 Å². The maximum Gasteiger partial charge on any atom is 0.0836 e. The van der Waals surface area contributed by atoms with E-state index >= 15 is 0 Å². The summed E-state index contributed by atoms with van der Waals surface area (Å²) in [5, 5.41) is 7.83. The second-order valence-electron chi connectivity index (χ2n) is 5.22. The van der Waals surface area contributed by atoms with Gasteiger partial charge < -0.3 is 0 Å². The van der Waals surface area contributed by atoms with Crippen molar-refractivity contribution in [3.8, 4) is 0 Å². The first-order chi connectivity index (χ1) is 10.4. The zero-order chi connectivity index (χ0) is 16.3. The van der Waals surface area contributed by atoms with E-state index < -0.39 is 0 Å². The average molecular weight is 356 g/mol. The molecule has 0 saturated carbocycles. The number of hydrazone groups is 1. The van der Waals surface area contributed by atoms with Crippen LogP contribution in [-0.4, -0.2) is 6.72 Å². The Balaban J connectivity index is 2.44. The molecule has 0 radical (unpaired) electrons. The standard InChI is InChI=1S/C17H17Cl3N2/c1-11(2)17(12-4-6-13(18)7-5-12)22(21-3)16-9-8-14(19)10-15(16)20/h4,6-10,12H,3,5H2,1-2H3. The van der Waals surface area contributed by atoms with Gasteiger partial charge in [0.15, 0.2) is 0 Å². The van der Waals surface area contributed by atoms with E-state index in [1.165, 1.54) is 0 Å². The molecule has 1 aromatic carbocycles. The van der Waals surface area contributed by atoms with E-state index in [-0.39, 0.29) is 5.92 Å². The van der Waals surface area contributed by atoms with Crippen molar-refractivity contribution in [2.45, 2.75) is 20.3 Å². The summed E-state index contributed by atoms with van der Waals surface area (Å²) >= 11 is 18.3. The summed E-state index contributed by atoms with van der Waals surface area (Å²) in [6.45, 7) is 7.79. The minimum Gasteiger partial charge on any atom is -0.236 e. The Labute approximate surface area is 146 Å². The Bertz CT molecular complexity index is 670. The first-order valence-electron chi connectivity index (χ1n) is 6.87. The molecule has 0 saturated heterocycles. The minimum atomic E-state index is 0.171. The number of allylic oxidation sites excluding steroid dienone is 5. The number of benzene rings is 1. The molecule has 0 amide bonds. The molecule has 0 heterocycles. The predicted molar refractivity (Wildman–Crippen MR) is 98.0 cm³/mol. The molecule has 0 spiro atoms. The molecule has 1 aromatic rings. The lowest BCUT2D eigenvalue weighted by Gasteiger charge is -2.29. The molecule has 1 aliphatic carbocycles. The quantitative estimate of drug-likeness (QED) is 0.450. The molecule has 0 aromatic heterocycles. The van der Waals surface area contributed by atoms with Gasteiger partial charge in [-0.15, -0.1) is 0 Å². The van der Waals surface area contributed by atoms with Crippen LogP contribution >= 0.6 is 34.8 Å². The van der Waals surface area contributed by atoms with Gasteiger partial charge in [0, 0.05) is 28.4 Å². The van der Waals surface area contributed by atoms with Crippen molar-refractivity contribution in [3.63, 3.8) is 0 Å². The minimum absolute atomic E-state index is 0.171. The third kappa shape index (κ3) is 3.75. The fraction of sp³-hybridized carbons (Fsp3) is 0.235. The molecule has 116 valence electrons. The highest BCUT2D eigenvalue weighted by Crippen LogP contribution is 2.37. The van der Waals surface area contributed by atoms with Gasteiger partial charge in [-0.05, 0) is 44.5 Å².